The van der Waals surface area contributed by atoms with Gasteiger partial charge in [0.1, 0.15) is 18.1 Å². The molecule has 1 aromatic carbocycles. The van der Waals surface area contributed by atoms with Crippen LogP contribution in [0.3, 0.4) is 0 Å². The lowest BCUT2D eigenvalue weighted by atomic mass is 10.3. The van der Waals surface area contributed by atoms with Crippen LogP contribution in [-0.2, 0) is 23.7 Å². The molecule has 1 fully saturated rings. The van der Waals surface area contributed by atoms with Crippen molar-refractivity contribution in [2.45, 2.75) is 25.7 Å². The summed E-state index contributed by atoms with van der Waals surface area (Å²) in [5, 5.41) is 4.35. The van der Waals surface area contributed by atoms with E-state index in [9.17, 15) is 13.2 Å². The lowest BCUT2D eigenvalue weighted by Gasteiger charge is -2.36. The van der Waals surface area contributed by atoms with Gasteiger partial charge in [-0.25, -0.2) is 13.4 Å². The van der Waals surface area contributed by atoms with Gasteiger partial charge >= 0.3 is 5.56 Å². The van der Waals surface area contributed by atoms with E-state index in [1.807, 2.05) is 16.5 Å². The van der Waals surface area contributed by atoms with Crippen LogP contribution in [0.1, 0.15) is 19.7 Å². The minimum atomic E-state index is -3.34. The van der Waals surface area contributed by atoms with Gasteiger partial charge in [0, 0.05) is 50.6 Å². The molecule has 0 N–H and O–H groups in total. The SMILES string of the molecule is CC(C)S(=O)(=O)N1CCN(c2cnn(-c3cccc(Cl)c3)c(=O)c2OCc2nccn2C)CC1. The molecule has 34 heavy (non-hydrogen) atoms. The van der Waals surface area contributed by atoms with E-state index in [-0.39, 0.29) is 12.4 Å². The molecule has 3 heterocycles. The van der Waals surface area contributed by atoms with Gasteiger partial charge in [0.15, 0.2) is 0 Å². The number of halogens is 1. The third-order valence-corrected chi connectivity index (χ3v) is 8.28. The second kappa shape index (κ2) is 9.77. The molecule has 4 rings (SSSR count). The standard InChI is InChI=1S/C22H27ClN6O4S/c1-16(2)34(31,32)28-11-9-27(10-12-28)19-14-25-29(18-6-4-5-17(23)13-18)22(30)21(19)33-15-20-24-7-8-26(20)3/h4-8,13-14,16H,9-12,15H2,1-3H3. The molecule has 182 valence electrons. The molecule has 12 heteroatoms. The Balaban J connectivity index is 1.67. The van der Waals surface area contributed by atoms with Crippen molar-refractivity contribution in [3.8, 4) is 11.4 Å². The van der Waals surface area contributed by atoms with Crippen LogP contribution in [0.25, 0.3) is 5.69 Å². The Morgan fingerprint density at radius 2 is 1.91 bits per heavy atom. The summed E-state index contributed by atoms with van der Waals surface area (Å²) in [6.45, 7) is 4.88. The van der Waals surface area contributed by atoms with Crippen LogP contribution in [0, 0.1) is 0 Å². The summed E-state index contributed by atoms with van der Waals surface area (Å²) in [7, 11) is -1.50. The number of ether oxygens (including phenoxy) is 1. The zero-order chi connectivity index (χ0) is 24.5. The molecule has 2 aromatic heterocycles. The second-order valence-electron chi connectivity index (χ2n) is 8.28. The van der Waals surface area contributed by atoms with Crippen LogP contribution in [0.4, 0.5) is 5.69 Å². The maximum absolute atomic E-state index is 13.5. The molecule has 10 nitrogen and oxygen atoms in total. The van der Waals surface area contributed by atoms with Gasteiger partial charge in [0.2, 0.25) is 15.8 Å². The van der Waals surface area contributed by atoms with Crippen molar-refractivity contribution in [3.05, 3.63) is 64.1 Å². The van der Waals surface area contributed by atoms with Crippen LogP contribution in [0.15, 0.2) is 47.7 Å². The topological polar surface area (TPSA) is 103 Å². The first-order valence-corrected chi connectivity index (χ1v) is 12.8. The van der Waals surface area contributed by atoms with Gasteiger partial charge in [-0.1, -0.05) is 17.7 Å². The fraction of sp³-hybridized carbons (Fsp3) is 0.409. The lowest BCUT2D eigenvalue weighted by molar-refractivity contribution is 0.284. The van der Waals surface area contributed by atoms with Crippen LogP contribution in [0.2, 0.25) is 5.02 Å². The average molecular weight is 507 g/mol. The highest BCUT2D eigenvalue weighted by Gasteiger charge is 2.31. The highest BCUT2D eigenvalue weighted by atomic mass is 35.5. The van der Waals surface area contributed by atoms with Crippen LogP contribution < -0.4 is 15.2 Å². The van der Waals surface area contributed by atoms with Crippen molar-refractivity contribution in [2.75, 3.05) is 31.1 Å². The van der Waals surface area contributed by atoms with Crippen molar-refractivity contribution < 1.29 is 13.2 Å². The molecule has 0 amide bonds. The molecule has 0 unspecified atom stereocenters. The van der Waals surface area contributed by atoms with Gasteiger partial charge in [-0.3, -0.25) is 4.79 Å². The number of anilines is 1. The van der Waals surface area contributed by atoms with E-state index < -0.39 is 20.8 Å². The number of imidazole rings is 1. The smallest absolute Gasteiger partial charge is 0.316 e. The van der Waals surface area contributed by atoms with Crippen molar-refractivity contribution in [1.29, 1.82) is 0 Å². The number of rotatable bonds is 7. The predicted molar refractivity (Wildman–Crippen MR) is 130 cm³/mol. The molecular formula is C22H27ClN6O4S. The molecule has 1 aliphatic heterocycles. The van der Waals surface area contributed by atoms with Crippen molar-refractivity contribution >= 4 is 27.3 Å². The van der Waals surface area contributed by atoms with Gasteiger partial charge in [-0.2, -0.15) is 14.1 Å². The molecule has 0 spiro atoms. The number of nitrogens with zero attached hydrogens (tertiary/aromatic N) is 6. The Morgan fingerprint density at radius 1 is 1.18 bits per heavy atom. The zero-order valence-electron chi connectivity index (χ0n) is 19.3. The first-order chi connectivity index (χ1) is 16.2. The first-order valence-electron chi connectivity index (χ1n) is 10.9. The highest BCUT2D eigenvalue weighted by molar-refractivity contribution is 7.89. The summed E-state index contributed by atoms with van der Waals surface area (Å²) in [6.07, 6.45) is 5.03. The van der Waals surface area contributed by atoms with E-state index in [0.717, 1.165) is 0 Å². The van der Waals surface area contributed by atoms with Crippen LogP contribution >= 0.6 is 11.6 Å². The first kappa shape index (κ1) is 24.2. The Bertz CT molecular complexity index is 1330. The predicted octanol–water partition coefficient (Wildman–Crippen LogP) is 2.06. The molecular weight excluding hydrogens is 480 g/mol. The molecule has 0 radical (unpaired) electrons. The quantitative estimate of drug-likeness (QED) is 0.483. The molecule has 0 saturated carbocycles. The molecule has 1 aliphatic rings. The minimum absolute atomic E-state index is 0.0903. The number of aryl methyl sites for hydroxylation is 1. The lowest BCUT2D eigenvalue weighted by Crippen LogP contribution is -2.50. The fourth-order valence-corrected chi connectivity index (χ4v) is 5.19. The molecule has 1 saturated heterocycles. The molecule has 0 bridgehead atoms. The highest BCUT2D eigenvalue weighted by Crippen LogP contribution is 2.27. The molecule has 0 atom stereocenters. The van der Waals surface area contributed by atoms with Crippen molar-refractivity contribution in [3.63, 3.8) is 0 Å². The second-order valence-corrected chi connectivity index (χ2v) is 11.2. The van der Waals surface area contributed by atoms with E-state index in [2.05, 4.69) is 10.1 Å². The number of sulfonamides is 1. The van der Waals surface area contributed by atoms with E-state index >= 15 is 0 Å². The van der Waals surface area contributed by atoms with Gasteiger partial charge in [-0.05, 0) is 32.0 Å². The van der Waals surface area contributed by atoms with E-state index in [4.69, 9.17) is 16.3 Å². The monoisotopic (exact) mass is 506 g/mol. The Morgan fingerprint density at radius 3 is 2.53 bits per heavy atom. The maximum Gasteiger partial charge on any atom is 0.316 e. The number of hydrogen-bond donors (Lipinski definition) is 0. The Hall–Kier alpha value is -2.89. The van der Waals surface area contributed by atoms with Crippen LogP contribution in [0.5, 0.6) is 5.75 Å². The number of piperazine rings is 1. The molecule has 3 aromatic rings. The Kier molecular flexibility index (Phi) is 6.96. The maximum atomic E-state index is 13.5. The average Bonchev–Trinajstić information content (AvgIpc) is 3.22. The summed E-state index contributed by atoms with van der Waals surface area (Å²) in [5.41, 5.74) is 0.587. The summed E-state index contributed by atoms with van der Waals surface area (Å²) < 4.78 is 35.6. The summed E-state index contributed by atoms with van der Waals surface area (Å²) >= 11 is 6.11. The van der Waals surface area contributed by atoms with E-state index in [1.54, 1.807) is 56.7 Å². The normalized spacial score (nSPS) is 15.1. The number of aromatic nitrogens is 4. The van der Waals surface area contributed by atoms with E-state index in [1.165, 1.54) is 8.99 Å². The minimum Gasteiger partial charge on any atom is -0.478 e. The van der Waals surface area contributed by atoms with Gasteiger partial charge in [0.25, 0.3) is 0 Å². The third kappa shape index (κ3) is 4.82. The van der Waals surface area contributed by atoms with Gasteiger partial charge in [0.05, 0.1) is 17.1 Å². The van der Waals surface area contributed by atoms with Crippen molar-refractivity contribution in [2.24, 2.45) is 7.05 Å². The summed E-state index contributed by atoms with van der Waals surface area (Å²) in [4.78, 5) is 19.7. The van der Waals surface area contributed by atoms with E-state index in [0.29, 0.717) is 48.4 Å². The third-order valence-electron chi connectivity index (χ3n) is 5.77. The fourth-order valence-electron chi connectivity index (χ4n) is 3.74. The van der Waals surface area contributed by atoms with Crippen molar-refractivity contribution in [1.82, 2.24) is 23.6 Å². The largest absolute Gasteiger partial charge is 0.478 e. The Labute approximate surface area is 203 Å². The number of benzene rings is 1. The van der Waals surface area contributed by atoms with Crippen LogP contribution in [-0.4, -0.2) is 63.5 Å². The number of hydrogen-bond acceptors (Lipinski definition) is 7. The molecule has 0 aliphatic carbocycles. The van der Waals surface area contributed by atoms with Gasteiger partial charge < -0.3 is 14.2 Å². The summed E-state index contributed by atoms with van der Waals surface area (Å²) in [6, 6.07) is 6.84. The van der Waals surface area contributed by atoms with Gasteiger partial charge in [-0.15, -0.1) is 0 Å². The summed E-state index contributed by atoms with van der Waals surface area (Å²) in [5.74, 6) is 0.780. The zero-order valence-corrected chi connectivity index (χ0v) is 20.8.